The van der Waals surface area contributed by atoms with Crippen LogP contribution in [0.2, 0.25) is 0 Å². The summed E-state index contributed by atoms with van der Waals surface area (Å²) in [4.78, 5) is 15.0. The van der Waals surface area contributed by atoms with Crippen molar-refractivity contribution in [1.82, 2.24) is 5.32 Å². The van der Waals surface area contributed by atoms with Crippen molar-refractivity contribution in [3.63, 3.8) is 0 Å². The summed E-state index contributed by atoms with van der Waals surface area (Å²) in [5, 5.41) is 39.5. The average molecular weight is 253 g/mol. The van der Waals surface area contributed by atoms with Gasteiger partial charge in [0.2, 0.25) is 12.0 Å². The van der Waals surface area contributed by atoms with Crippen LogP contribution in [-0.2, 0) is 14.2 Å². The van der Waals surface area contributed by atoms with Crippen LogP contribution in [0.5, 0.6) is 0 Å². The van der Waals surface area contributed by atoms with Crippen molar-refractivity contribution in [2.75, 3.05) is 6.61 Å². The van der Waals surface area contributed by atoms with E-state index in [9.17, 15) is 15.0 Å². The van der Waals surface area contributed by atoms with E-state index in [0.717, 1.165) is 0 Å². The van der Waals surface area contributed by atoms with Crippen molar-refractivity contribution < 1.29 is 34.7 Å². The molecule has 0 aromatic carbocycles. The highest BCUT2D eigenvalue weighted by Gasteiger charge is 2.55. The first-order valence-corrected chi connectivity index (χ1v) is 4.94. The zero-order valence-electron chi connectivity index (χ0n) is 9.18. The van der Waals surface area contributed by atoms with Crippen LogP contribution in [0, 0.1) is 0 Å². The molecule has 17 heavy (non-hydrogen) atoms. The Bertz CT molecular complexity index is 277. The Labute approximate surface area is 96.9 Å². The van der Waals surface area contributed by atoms with Gasteiger partial charge in [-0.25, -0.2) is 4.89 Å². The molecule has 1 rings (SSSR count). The van der Waals surface area contributed by atoms with E-state index in [4.69, 9.17) is 16.3 Å². The van der Waals surface area contributed by atoms with E-state index in [1.807, 2.05) is 0 Å². The van der Waals surface area contributed by atoms with Crippen molar-refractivity contribution >= 4 is 5.91 Å². The van der Waals surface area contributed by atoms with Gasteiger partial charge in [-0.1, -0.05) is 5.90 Å². The molecule has 1 aliphatic heterocycles. The third-order valence-electron chi connectivity index (χ3n) is 2.68. The molecule has 1 fully saturated rings. The molecule has 0 aromatic rings. The van der Waals surface area contributed by atoms with Crippen LogP contribution in [0.3, 0.4) is 0 Å². The molecule has 0 aliphatic carbocycles. The summed E-state index contributed by atoms with van der Waals surface area (Å²) in [7, 11) is 0. The van der Waals surface area contributed by atoms with Gasteiger partial charge in [-0.05, 0) is 0 Å². The van der Waals surface area contributed by atoms with Crippen molar-refractivity contribution in [3.05, 3.63) is 0 Å². The molecule has 0 radical (unpaired) electrons. The van der Waals surface area contributed by atoms with Crippen molar-refractivity contribution in [2.24, 2.45) is 5.90 Å². The van der Waals surface area contributed by atoms with E-state index >= 15 is 0 Å². The van der Waals surface area contributed by atoms with Crippen molar-refractivity contribution in [3.8, 4) is 0 Å². The van der Waals surface area contributed by atoms with E-state index in [2.05, 4.69) is 10.2 Å². The van der Waals surface area contributed by atoms with Crippen LogP contribution in [0.25, 0.3) is 0 Å². The van der Waals surface area contributed by atoms with Gasteiger partial charge >= 0.3 is 6.29 Å². The molecule has 0 spiro atoms. The maximum Gasteiger partial charge on any atom is 0.309 e. The number of aliphatic hydroxyl groups excluding tert-OH is 3. The summed E-state index contributed by atoms with van der Waals surface area (Å²) in [6.45, 7) is 0.614. The van der Waals surface area contributed by atoms with Crippen LogP contribution in [0.15, 0.2) is 0 Å². The number of rotatable bonds is 3. The molecule has 1 heterocycles. The fourth-order valence-corrected chi connectivity index (χ4v) is 1.81. The Hall–Kier alpha value is -0.810. The molecule has 1 aliphatic rings. The number of hydrogen-bond donors (Lipinski definition) is 6. The van der Waals surface area contributed by atoms with Crippen LogP contribution in [-0.4, -0.2) is 63.7 Å². The minimum Gasteiger partial charge on any atom is -0.388 e. The molecule has 1 amide bonds. The van der Waals surface area contributed by atoms with E-state index < -0.39 is 43.2 Å². The van der Waals surface area contributed by atoms with Crippen molar-refractivity contribution in [2.45, 2.75) is 37.6 Å². The lowest BCUT2D eigenvalue weighted by atomic mass is 9.97. The highest BCUT2D eigenvalue weighted by molar-refractivity contribution is 5.73. The summed E-state index contributed by atoms with van der Waals surface area (Å²) in [5.74, 6) is 4.90. The normalized spacial score (nSPS) is 39.1. The number of hydrogen-bond acceptors (Lipinski definition) is 7. The molecular weight excluding hydrogens is 236 g/mol. The Kier molecular flexibility index (Phi) is 4.77. The number of carbonyl (C=O) groups is 1. The molecule has 7 N–H and O–H groups in total. The monoisotopic (exact) mass is 253 g/mol. The van der Waals surface area contributed by atoms with E-state index in [-0.39, 0.29) is 0 Å². The second-order valence-electron chi connectivity index (χ2n) is 3.81. The fraction of sp³-hybridized carbons (Fsp3) is 0.875. The van der Waals surface area contributed by atoms with E-state index in [0.29, 0.717) is 0 Å². The van der Waals surface area contributed by atoms with Gasteiger partial charge in [-0.2, -0.15) is 0 Å². The van der Waals surface area contributed by atoms with Crippen LogP contribution in [0.4, 0.5) is 0 Å². The lowest BCUT2D eigenvalue weighted by Gasteiger charge is -2.41. The number of aliphatic hydroxyl groups is 3. The molecule has 0 unspecified atom stereocenters. The zero-order chi connectivity index (χ0) is 13.2. The molecule has 0 bridgehead atoms. The number of nitrogens with two attached hydrogens (primary N) is 1. The highest BCUT2D eigenvalue weighted by Crippen LogP contribution is 2.25. The molecule has 9 nitrogen and oxygen atoms in total. The van der Waals surface area contributed by atoms with Gasteiger partial charge in [-0.15, -0.1) is 0 Å². The SMILES string of the molecule is CC(=O)N[C@@H]1[C@@H](OO)[C@H](O)[C@@H](CO)[O+](N)[C@H]1O. The maximum absolute atomic E-state index is 10.9. The third kappa shape index (κ3) is 2.72. The van der Waals surface area contributed by atoms with E-state index in [1.54, 1.807) is 4.47 Å². The van der Waals surface area contributed by atoms with E-state index in [1.165, 1.54) is 6.92 Å². The van der Waals surface area contributed by atoms with Crippen molar-refractivity contribution in [1.29, 1.82) is 0 Å². The average Bonchev–Trinajstić information content (AvgIpc) is 2.26. The Balaban J connectivity index is 2.92. The second-order valence-corrected chi connectivity index (χ2v) is 3.81. The van der Waals surface area contributed by atoms with Crippen LogP contribution < -0.4 is 11.2 Å². The van der Waals surface area contributed by atoms with Gasteiger partial charge in [-0.3, -0.25) is 14.5 Å². The molecule has 9 heteroatoms. The molecule has 0 aromatic heterocycles. The lowest BCUT2D eigenvalue weighted by molar-refractivity contribution is -0.414. The largest absolute Gasteiger partial charge is 0.388 e. The number of amides is 1. The predicted molar refractivity (Wildman–Crippen MR) is 53.3 cm³/mol. The summed E-state index contributed by atoms with van der Waals surface area (Å²) >= 11 is 0. The van der Waals surface area contributed by atoms with Crippen LogP contribution >= 0.6 is 0 Å². The number of carbonyl (C=O) groups excluding carboxylic acids is 1. The van der Waals surface area contributed by atoms with Gasteiger partial charge in [0.25, 0.3) is 0 Å². The summed E-state index contributed by atoms with van der Waals surface area (Å²) in [6.07, 6.45) is -5.29. The summed E-state index contributed by atoms with van der Waals surface area (Å²) in [6, 6.07) is -1.15. The minimum atomic E-state index is -1.49. The first-order chi connectivity index (χ1) is 7.93. The topological polar surface area (TPSA) is 148 Å². The Morgan fingerprint density at radius 1 is 1.53 bits per heavy atom. The van der Waals surface area contributed by atoms with Crippen LogP contribution in [0.1, 0.15) is 6.92 Å². The van der Waals surface area contributed by atoms with Gasteiger partial charge in [0.1, 0.15) is 6.61 Å². The Morgan fingerprint density at radius 2 is 2.12 bits per heavy atom. The number of nitrogens with one attached hydrogen (secondary N) is 1. The fourth-order valence-electron chi connectivity index (χ4n) is 1.81. The second kappa shape index (κ2) is 5.69. The lowest BCUT2D eigenvalue weighted by Crippen LogP contribution is -2.69. The van der Waals surface area contributed by atoms with Gasteiger partial charge in [0, 0.05) is 6.92 Å². The maximum atomic E-state index is 10.9. The first-order valence-electron chi connectivity index (χ1n) is 4.94. The molecule has 0 saturated carbocycles. The molecular formula is C8H17N2O7+. The van der Waals surface area contributed by atoms with Gasteiger partial charge in [0.15, 0.2) is 18.2 Å². The summed E-state index contributed by atoms with van der Waals surface area (Å²) in [5.41, 5.74) is 0. The quantitative estimate of drug-likeness (QED) is 0.176. The molecule has 5 atom stereocenters. The molecule has 100 valence electrons. The summed E-state index contributed by atoms with van der Waals surface area (Å²) < 4.78 is 1.68. The highest BCUT2D eigenvalue weighted by atomic mass is 17.1. The standard InChI is InChI=1S/C8H16N2O7/c1-3(12)10-5-7(16-15)6(13)4(2-11)17(9)8(5)14/h4-8,11,13-14H,2,9H2,1H3,(H-,10,12,15)/p+1/t4-,5-,6-,7-,8-/m1/s1. The minimum absolute atomic E-state index is 0.500. The predicted octanol–water partition coefficient (Wildman–Crippen LogP) is -3.17. The zero-order valence-corrected chi connectivity index (χ0v) is 9.18. The Morgan fingerprint density at radius 3 is 2.53 bits per heavy atom. The first kappa shape index (κ1) is 14.3. The smallest absolute Gasteiger partial charge is 0.309 e. The third-order valence-corrected chi connectivity index (χ3v) is 2.68. The molecule has 1 saturated heterocycles. The van der Waals surface area contributed by atoms with Gasteiger partial charge < -0.3 is 20.6 Å². The van der Waals surface area contributed by atoms with Gasteiger partial charge in [0.05, 0.1) is 0 Å².